The molecular weight excluding hydrogens is 438 g/mol. The van der Waals surface area contributed by atoms with Crippen molar-refractivity contribution in [3.63, 3.8) is 0 Å². The highest BCUT2D eigenvalue weighted by Crippen LogP contribution is 2.23. The number of carbonyl (C=O) groups excluding carboxylic acids is 2. The minimum atomic E-state index is -3.89. The lowest BCUT2D eigenvalue weighted by molar-refractivity contribution is -0.134. The van der Waals surface area contributed by atoms with E-state index in [1.54, 1.807) is 12.1 Å². The van der Waals surface area contributed by atoms with E-state index >= 15 is 0 Å². The lowest BCUT2D eigenvalue weighted by Crippen LogP contribution is -2.61. The fraction of sp³-hybridized carbons (Fsp3) is 0.440. The average Bonchev–Trinajstić information content (AvgIpc) is 2.83. The molecule has 1 atom stereocenters. The molecule has 1 heterocycles. The molecular formula is C25H33N3O4S. The summed E-state index contributed by atoms with van der Waals surface area (Å²) in [6.07, 6.45) is 2.78. The second-order valence-electron chi connectivity index (χ2n) is 8.38. The van der Waals surface area contributed by atoms with E-state index in [-0.39, 0.29) is 30.4 Å². The molecule has 2 amide bonds. The molecule has 0 aliphatic carbocycles. The quantitative estimate of drug-likeness (QED) is 0.641. The minimum Gasteiger partial charge on any atom is -0.351 e. The van der Waals surface area contributed by atoms with Crippen molar-refractivity contribution >= 4 is 21.8 Å². The number of aryl methyl sites for hydroxylation is 2. The van der Waals surface area contributed by atoms with E-state index in [0.29, 0.717) is 6.54 Å². The predicted octanol–water partition coefficient (Wildman–Crippen LogP) is 2.74. The van der Waals surface area contributed by atoms with Crippen LogP contribution in [0.4, 0.5) is 0 Å². The molecule has 0 aromatic heterocycles. The van der Waals surface area contributed by atoms with Crippen LogP contribution >= 0.6 is 0 Å². The largest absolute Gasteiger partial charge is 0.351 e. The van der Waals surface area contributed by atoms with Gasteiger partial charge in [0.15, 0.2) is 0 Å². The second-order valence-corrected chi connectivity index (χ2v) is 10.3. The summed E-state index contributed by atoms with van der Waals surface area (Å²) in [7, 11) is -3.89. The predicted molar refractivity (Wildman–Crippen MR) is 128 cm³/mol. The molecule has 1 fully saturated rings. The van der Waals surface area contributed by atoms with Gasteiger partial charge in [-0.3, -0.25) is 9.59 Å². The van der Waals surface area contributed by atoms with Crippen LogP contribution < -0.4 is 5.32 Å². The molecule has 0 spiro atoms. The van der Waals surface area contributed by atoms with Gasteiger partial charge in [0.25, 0.3) is 0 Å². The van der Waals surface area contributed by atoms with Crippen LogP contribution in [-0.4, -0.2) is 55.1 Å². The van der Waals surface area contributed by atoms with Crippen molar-refractivity contribution in [1.82, 2.24) is 14.5 Å². The Bertz CT molecular complexity index is 1070. The molecule has 1 saturated heterocycles. The van der Waals surface area contributed by atoms with Gasteiger partial charge in [0.2, 0.25) is 21.8 Å². The highest BCUT2D eigenvalue weighted by atomic mass is 32.2. The molecule has 178 valence electrons. The summed E-state index contributed by atoms with van der Waals surface area (Å²) in [5.74, 6) is -0.587. The molecule has 1 aliphatic heterocycles. The summed E-state index contributed by atoms with van der Waals surface area (Å²) in [4.78, 5) is 26.8. The van der Waals surface area contributed by atoms with E-state index in [4.69, 9.17) is 0 Å². The van der Waals surface area contributed by atoms with E-state index in [1.807, 2.05) is 36.4 Å². The minimum absolute atomic E-state index is 0.0308. The first kappa shape index (κ1) is 24.9. The SMILES string of the molecule is CCCc1ccc(S(=O)(=O)N2CCN(C(C)=O)C[C@@H]2C(=O)NCc2ccc(CC)cc2)cc1. The maximum absolute atomic E-state index is 13.4. The summed E-state index contributed by atoms with van der Waals surface area (Å²) in [5, 5.41) is 2.86. The Kier molecular flexibility index (Phi) is 8.26. The van der Waals surface area contributed by atoms with Gasteiger partial charge in [0.05, 0.1) is 4.90 Å². The van der Waals surface area contributed by atoms with Crippen LogP contribution in [0.25, 0.3) is 0 Å². The van der Waals surface area contributed by atoms with Gasteiger partial charge in [0, 0.05) is 33.1 Å². The highest BCUT2D eigenvalue weighted by Gasteiger charge is 2.40. The van der Waals surface area contributed by atoms with E-state index in [1.165, 1.54) is 21.7 Å². The van der Waals surface area contributed by atoms with E-state index < -0.39 is 22.0 Å². The fourth-order valence-corrected chi connectivity index (χ4v) is 5.58. The van der Waals surface area contributed by atoms with Crippen LogP contribution in [0.15, 0.2) is 53.4 Å². The topological polar surface area (TPSA) is 86.8 Å². The normalized spacial score (nSPS) is 17.1. The van der Waals surface area contributed by atoms with Crippen molar-refractivity contribution in [2.75, 3.05) is 19.6 Å². The maximum atomic E-state index is 13.4. The van der Waals surface area contributed by atoms with Crippen LogP contribution in [0.2, 0.25) is 0 Å². The van der Waals surface area contributed by atoms with Gasteiger partial charge >= 0.3 is 0 Å². The molecule has 7 nitrogen and oxygen atoms in total. The third-order valence-corrected chi connectivity index (χ3v) is 7.97. The van der Waals surface area contributed by atoms with E-state index in [0.717, 1.165) is 30.4 Å². The Balaban J connectivity index is 1.80. The fourth-order valence-electron chi connectivity index (χ4n) is 4.01. The first-order valence-corrected chi connectivity index (χ1v) is 12.9. The van der Waals surface area contributed by atoms with E-state index in [9.17, 15) is 18.0 Å². The van der Waals surface area contributed by atoms with Gasteiger partial charge in [-0.05, 0) is 41.7 Å². The van der Waals surface area contributed by atoms with Gasteiger partial charge in [-0.1, -0.05) is 56.7 Å². The van der Waals surface area contributed by atoms with Crippen molar-refractivity contribution in [2.45, 2.75) is 57.5 Å². The van der Waals surface area contributed by atoms with Crippen LogP contribution in [-0.2, 0) is 39.0 Å². The number of nitrogens with one attached hydrogen (secondary N) is 1. The molecule has 8 heteroatoms. The molecule has 0 saturated carbocycles. The number of hydrogen-bond donors (Lipinski definition) is 1. The molecule has 33 heavy (non-hydrogen) atoms. The smallest absolute Gasteiger partial charge is 0.243 e. The van der Waals surface area contributed by atoms with Crippen molar-refractivity contribution in [1.29, 1.82) is 0 Å². The molecule has 2 aromatic carbocycles. The molecule has 0 radical (unpaired) electrons. The monoisotopic (exact) mass is 471 g/mol. The summed E-state index contributed by atoms with van der Waals surface area (Å²) in [6.45, 7) is 6.23. The van der Waals surface area contributed by atoms with Gasteiger partial charge in [-0.25, -0.2) is 8.42 Å². The van der Waals surface area contributed by atoms with Crippen LogP contribution in [0, 0.1) is 0 Å². The highest BCUT2D eigenvalue weighted by molar-refractivity contribution is 7.89. The lowest BCUT2D eigenvalue weighted by Gasteiger charge is -2.39. The lowest BCUT2D eigenvalue weighted by atomic mass is 10.1. The number of piperazine rings is 1. The number of nitrogens with zero attached hydrogens (tertiary/aromatic N) is 2. The summed E-state index contributed by atoms with van der Waals surface area (Å²) < 4.78 is 28.1. The summed E-state index contributed by atoms with van der Waals surface area (Å²) in [6, 6.07) is 13.8. The number of benzene rings is 2. The number of carbonyl (C=O) groups is 2. The second kappa shape index (κ2) is 10.9. The zero-order chi connectivity index (χ0) is 24.0. The maximum Gasteiger partial charge on any atom is 0.243 e. The van der Waals surface area contributed by atoms with Crippen molar-refractivity contribution in [2.24, 2.45) is 0 Å². The average molecular weight is 472 g/mol. The van der Waals surface area contributed by atoms with Gasteiger partial charge in [-0.2, -0.15) is 4.31 Å². The zero-order valence-corrected chi connectivity index (χ0v) is 20.4. The van der Waals surface area contributed by atoms with Crippen molar-refractivity contribution < 1.29 is 18.0 Å². The molecule has 2 aromatic rings. The van der Waals surface area contributed by atoms with E-state index in [2.05, 4.69) is 19.2 Å². The summed E-state index contributed by atoms with van der Waals surface area (Å²) in [5.41, 5.74) is 3.21. The number of rotatable bonds is 8. The van der Waals surface area contributed by atoms with Crippen LogP contribution in [0.1, 0.15) is 43.9 Å². The van der Waals surface area contributed by atoms with Crippen LogP contribution in [0.3, 0.4) is 0 Å². The standard InChI is InChI=1S/C25H33N3O4S/c1-4-6-21-11-13-23(14-12-21)33(31,32)28-16-15-27(19(3)29)18-24(28)25(30)26-17-22-9-7-20(5-2)8-10-22/h7-14,24H,4-6,15-18H2,1-3H3,(H,26,30)/t24-/m1/s1. The Morgan fingerprint density at radius 3 is 2.12 bits per heavy atom. The first-order valence-electron chi connectivity index (χ1n) is 11.5. The third-order valence-electron chi connectivity index (χ3n) is 6.05. The molecule has 0 bridgehead atoms. The van der Waals surface area contributed by atoms with Gasteiger partial charge in [0.1, 0.15) is 6.04 Å². The van der Waals surface area contributed by atoms with Gasteiger partial charge in [-0.15, -0.1) is 0 Å². The molecule has 1 aliphatic rings. The Hall–Kier alpha value is -2.71. The third kappa shape index (κ3) is 6.00. The Morgan fingerprint density at radius 2 is 1.55 bits per heavy atom. The molecule has 0 unspecified atom stereocenters. The Labute approximate surface area is 196 Å². The Morgan fingerprint density at radius 1 is 0.939 bits per heavy atom. The first-order chi connectivity index (χ1) is 15.8. The number of amides is 2. The van der Waals surface area contributed by atoms with Crippen molar-refractivity contribution in [3.05, 3.63) is 65.2 Å². The van der Waals surface area contributed by atoms with Crippen molar-refractivity contribution in [3.8, 4) is 0 Å². The number of hydrogen-bond acceptors (Lipinski definition) is 4. The molecule has 1 N–H and O–H groups in total. The van der Waals surface area contributed by atoms with Gasteiger partial charge < -0.3 is 10.2 Å². The summed E-state index contributed by atoms with van der Waals surface area (Å²) >= 11 is 0. The molecule has 3 rings (SSSR count). The van der Waals surface area contributed by atoms with Crippen LogP contribution in [0.5, 0.6) is 0 Å². The number of sulfonamides is 1. The zero-order valence-electron chi connectivity index (χ0n) is 19.6.